The summed E-state index contributed by atoms with van der Waals surface area (Å²) in [6.07, 6.45) is 4.32. The Morgan fingerprint density at radius 3 is 2.90 bits per heavy atom. The first-order valence-electron chi connectivity index (χ1n) is 6.18. The Morgan fingerprint density at radius 1 is 1.35 bits per heavy atom. The molecule has 0 radical (unpaired) electrons. The first kappa shape index (κ1) is 17.0. The van der Waals surface area contributed by atoms with Gasteiger partial charge >= 0.3 is 0 Å². The van der Waals surface area contributed by atoms with Gasteiger partial charge in [0.15, 0.2) is 0 Å². The van der Waals surface area contributed by atoms with Crippen LogP contribution in [0.5, 0.6) is 0 Å². The van der Waals surface area contributed by atoms with Gasteiger partial charge in [0.1, 0.15) is 6.26 Å². The summed E-state index contributed by atoms with van der Waals surface area (Å²) in [6.45, 7) is 1.57. The highest BCUT2D eigenvalue weighted by atomic mass is 35.5. The molecule has 0 fully saturated rings. The molecule has 0 unspecified atom stereocenters. The minimum absolute atomic E-state index is 0. The number of hydrogen-bond acceptors (Lipinski definition) is 4. The standard InChI is InChI=1S/C14H16N2O2.2ClH/c1-15-9-13-11-3-2-4-12(10(11)5-7-17-13)14-16-6-8-18-14;;/h2-4,6,8,13,15H,5,7,9H2,1H3;2*1H/t13-;;/m1../s1. The zero-order valence-corrected chi connectivity index (χ0v) is 12.8. The van der Waals surface area contributed by atoms with Gasteiger partial charge in [0.05, 0.1) is 18.9 Å². The number of likely N-dealkylation sites (N-methyl/N-ethyl adjacent to an activating group) is 1. The largest absolute Gasteiger partial charge is 0.445 e. The van der Waals surface area contributed by atoms with Crippen LogP contribution in [-0.4, -0.2) is 25.2 Å². The molecule has 1 N–H and O–H groups in total. The SMILES string of the molecule is CNC[C@H]1OCCc2c(-c3ncco3)cccc21.Cl.Cl. The van der Waals surface area contributed by atoms with Crippen LogP contribution in [0, 0.1) is 0 Å². The van der Waals surface area contributed by atoms with E-state index in [1.807, 2.05) is 13.1 Å². The Kier molecular flexibility index (Phi) is 6.49. The fraction of sp³-hybridized carbons (Fsp3) is 0.357. The summed E-state index contributed by atoms with van der Waals surface area (Å²) in [5.74, 6) is 0.692. The summed E-state index contributed by atoms with van der Waals surface area (Å²) >= 11 is 0. The van der Waals surface area contributed by atoms with Crippen LogP contribution in [-0.2, 0) is 11.2 Å². The highest BCUT2D eigenvalue weighted by Gasteiger charge is 2.23. The van der Waals surface area contributed by atoms with Crippen LogP contribution in [0.25, 0.3) is 11.5 Å². The Bertz CT molecular complexity index is 532. The molecule has 0 spiro atoms. The molecule has 6 heteroatoms. The molecular formula is C14H18Cl2N2O2. The van der Waals surface area contributed by atoms with Crippen molar-refractivity contribution in [1.82, 2.24) is 10.3 Å². The summed E-state index contributed by atoms with van der Waals surface area (Å²) in [4.78, 5) is 4.24. The molecule has 0 saturated carbocycles. The molecule has 1 aliphatic heterocycles. The number of benzene rings is 1. The summed E-state index contributed by atoms with van der Waals surface area (Å²) in [5, 5.41) is 3.17. The van der Waals surface area contributed by atoms with E-state index in [1.165, 1.54) is 11.1 Å². The van der Waals surface area contributed by atoms with Crippen LogP contribution in [0.3, 0.4) is 0 Å². The van der Waals surface area contributed by atoms with Gasteiger partial charge in [0.25, 0.3) is 0 Å². The zero-order chi connectivity index (χ0) is 12.4. The Hall–Kier alpha value is -1.07. The second-order valence-electron chi connectivity index (χ2n) is 4.38. The maximum Gasteiger partial charge on any atom is 0.226 e. The minimum atomic E-state index is 0. The number of halogens is 2. The fourth-order valence-corrected chi connectivity index (χ4v) is 2.49. The first-order chi connectivity index (χ1) is 8.90. The average Bonchev–Trinajstić information content (AvgIpc) is 2.93. The first-order valence-corrected chi connectivity index (χ1v) is 6.18. The van der Waals surface area contributed by atoms with Crippen LogP contribution >= 0.6 is 24.8 Å². The average molecular weight is 317 g/mol. The van der Waals surface area contributed by atoms with E-state index in [2.05, 4.69) is 22.4 Å². The van der Waals surface area contributed by atoms with E-state index in [1.54, 1.807) is 12.5 Å². The Labute approximate surface area is 130 Å². The Balaban J connectivity index is 0.000001000. The quantitative estimate of drug-likeness (QED) is 0.945. The van der Waals surface area contributed by atoms with Crippen molar-refractivity contribution in [1.29, 1.82) is 0 Å². The van der Waals surface area contributed by atoms with Crippen molar-refractivity contribution in [3.05, 3.63) is 41.8 Å². The van der Waals surface area contributed by atoms with E-state index in [4.69, 9.17) is 9.15 Å². The maximum absolute atomic E-state index is 5.80. The third kappa shape index (κ3) is 3.15. The summed E-state index contributed by atoms with van der Waals surface area (Å²) in [5.41, 5.74) is 3.62. The van der Waals surface area contributed by atoms with Crippen molar-refractivity contribution in [3.8, 4) is 11.5 Å². The van der Waals surface area contributed by atoms with Crippen molar-refractivity contribution < 1.29 is 9.15 Å². The van der Waals surface area contributed by atoms with Gasteiger partial charge in [-0.15, -0.1) is 24.8 Å². The molecule has 3 rings (SSSR count). The third-order valence-electron chi connectivity index (χ3n) is 3.28. The van der Waals surface area contributed by atoms with Crippen molar-refractivity contribution >= 4 is 24.8 Å². The minimum Gasteiger partial charge on any atom is -0.445 e. The number of fused-ring (bicyclic) bond motifs is 1. The molecule has 1 atom stereocenters. The van der Waals surface area contributed by atoms with Gasteiger partial charge in [-0.25, -0.2) is 4.98 Å². The van der Waals surface area contributed by atoms with Crippen LogP contribution in [0.15, 0.2) is 35.1 Å². The Morgan fingerprint density at radius 2 is 2.20 bits per heavy atom. The predicted octanol–water partition coefficient (Wildman–Crippen LogP) is 3.02. The van der Waals surface area contributed by atoms with E-state index < -0.39 is 0 Å². The van der Waals surface area contributed by atoms with Gasteiger partial charge in [0, 0.05) is 12.1 Å². The van der Waals surface area contributed by atoms with Crippen LogP contribution in [0.2, 0.25) is 0 Å². The van der Waals surface area contributed by atoms with Gasteiger partial charge < -0.3 is 14.5 Å². The molecule has 1 aromatic heterocycles. The van der Waals surface area contributed by atoms with E-state index in [0.717, 1.165) is 25.1 Å². The van der Waals surface area contributed by atoms with Gasteiger partial charge in [0.2, 0.25) is 5.89 Å². The molecule has 0 amide bonds. The number of oxazole rings is 1. The molecule has 0 saturated heterocycles. The lowest BCUT2D eigenvalue weighted by Crippen LogP contribution is -2.25. The number of aromatic nitrogens is 1. The number of nitrogens with zero attached hydrogens (tertiary/aromatic N) is 1. The van der Waals surface area contributed by atoms with Gasteiger partial charge in [-0.2, -0.15) is 0 Å². The lowest BCUT2D eigenvalue weighted by Gasteiger charge is -2.27. The van der Waals surface area contributed by atoms with E-state index in [9.17, 15) is 0 Å². The topological polar surface area (TPSA) is 47.3 Å². The number of rotatable bonds is 3. The monoisotopic (exact) mass is 316 g/mol. The lowest BCUT2D eigenvalue weighted by molar-refractivity contribution is 0.0440. The molecule has 110 valence electrons. The highest BCUT2D eigenvalue weighted by Crippen LogP contribution is 2.33. The van der Waals surface area contributed by atoms with Crippen LogP contribution < -0.4 is 5.32 Å². The molecular weight excluding hydrogens is 299 g/mol. The second kappa shape index (κ2) is 7.64. The molecule has 4 nitrogen and oxygen atoms in total. The van der Waals surface area contributed by atoms with Gasteiger partial charge in [-0.05, 0) is 30.7 Å². The smallest absolute Gasteiger partial charge is 0.226 e. The number of ether oxygens (including phenoxy) is 1. The maximum atomic E-state index is 5.80. The third-order valence-corrected chi connectivity index (χ3v) is 3.28. The zero-order valence-electron chi connectivity index (χ0n) is 11.2. The molecule has 2 aromatic rings. The second-order valence-corrected chi connectivity index (χ2v) is 4.38. The molecule has 20 heavy (non-hydrogen) atoms. The number of hydrogen-bond donors (Lipinski definition) is 1. The van der Waals surface area contributed by atoms with E-state index >= 15 is 0 Å². The lowest BCUT2D eigenvalue weighted by atomic mass is 9.92. The summed E-state index contributed by atoms with van der Waals surface area (Å²) in [6, 6.07) is 6.23. The van der Waals surface area contributed by atoms with E-state index in [0.29, 0.717) is 5.89 Å². The van der Waals surface area contributed by atoms with Gasteiger partial charge in [-0.1, -0.05) is 12.1 Å². The van der Waals surface area contributed by atoms with Crippen LogP contribution in [0.4, 0.5) is 0 Å². The molecule has 2 heterocycles. The predicted molar refractivity (Wildman–Crippen MR) is 82.8 cm³/mol. The van der Waals surface area contributed by atoms with Crippen molar-refractivity contribution in [3.63, 3.8) is 0 Å². The van der Waals surface area contributed by atoms with Crippen molar-refractivity contribution in [2.75, 3.05) is 20.2 Å². The van der Waals surface area contributed by atoms with E-state index in [-0.39, 0.29) is 30.9 Å². The van der Waals surface area contributed by atoms with Crippen molar-refractivity contribution in [2.24, 2.45) is 0 Å². The normalized spacial score (nSPS) is 16.8. The molecule has 0 bridgehead atoms. The molecule has 0 aliphatic carbocycles. The number of nitrogens with one attached hydrogen (secondary N) is 1. The van der Waals surface area contributed by atoms with Crippen LogP contribution in [0.1, 0.15) is 17.2 Å². The van der Waals surface area contributed by atoms with Gasteiger partial charge in [-0.3, -0.25) is 0 Å². The molecule has 1 aromatic carbocycles. The highest BCUT2D eigenvalue weighted by molar-refractivity contribution is 5.85. The fourth-order valence-electron chi connectivity index (χ4n) is 2.49. The summed E-state index contributed by atoms with van der Waals surface area (Å²) in [7, 11) is 1.94. The summed E-state index contributed by atoms with van der Waals surface area (Å²) < 4.78 is 11.2. The molecule has 1 aliphatic rings. The van der Waals surface area contributed by atoms with Crippen molar-refractivity contribution in [2.45, 2.75) is 12.5 Å².